The van der Waals surface area contributed by atoms with Gasteiger partial charge in [-0.25, -0.2) is 0 Å². The van der Waals surface area contributed by atoms with Crippen molar-refractivity contribution in [1.82, 2.24) is 5.32 Å². The SMILES string of the molecule is CC(CCNC(C)C)CCc1ccc(C(C)C)cc1. The maximum absolute atomic E-state index is 3.49. The van der Waals surface area contributed by atoms with Gasteiger partial charge in [0, 0.05) is 6.04 Å². The Hall–Kier alpha value is -0.820. The van der Waals surface area contributed by atoms with Crippen LogP contribution in [0.4, 0.5) is 0 Å². The van der Waals surface area contributed by atoms with E-state index in [2.05, 4.69) is 64.2 Å². The molecule has 1 aromatic carbocycles. The molecule has 0 aliphatic heterocycles. The Labute approximate surface area is 119 Å². The zero-order valence-electron chi connectivity index (χ0n) is 13.4. The molecule has 0 amide bonds. The lowest BCUT2D eigenvalue weighted by molar-refractivity contribution is 0.454. The maximum Gasteiger partial charge on any atom is 0.00103 e. The van der Waals surface area contributed by atoms with Crippen LogP contribution in [-0.2, 0) is 6.42 Å². The number of benzene rings is 1. The Morgan fingerprint density at radius 2 is 1.53 bits per heavy atom. The molecule has 0 aliphatic rings. The highest BCUT2D eigenvalue weighted by atomic mass is 14.9. The third-order valence-corrected chi connectivity index (χ3v) is 3.76. The van der Waals surface area contributed by atoms with Crippen molar-refractivity contribution in [2.45, 2.75) is 65.8 Å². The number of rotatable bonds is 8. The number of nitrogens with one attached hydrogen (secondary N) is 1. The van der Waals surface area contributed by atoms with E-state index in [1.807, 2.05) is 0 Å². The van der Waals surface area contributed by atoms with Gasteiger partial charge in [0.05, 0.1) is 0 Å². The van der Waals surface area contributed by atoms with Crippen molar-refractivity contribution < 1.29 is 0 Å². The molecule has 1 nitrogen and oxygen atoms in total. The topological polar surface area (TPSA) is 12.0 Å². The number of aryl methyl sites for hydroxylation is 1. The molecule has 19 heavy (non-hydrogen) atoms. The van der Waals surface area contributed by atoms with Crippen LogP contribution in [0.15, 0.2) is 24.3 Å². The molecule has 0 saturated heterocycles. The van der Waals surface area contributed by atoms with Crippen molar-refractivity contribution in [3.8, 4) is 0 Å². The molecule has 108 valence electrons. The average Bonchev–Trinajstić information content (AvgIpc) is 2.36. The van der Waals surface area contributed by atoms with Gasteiger partial charge in [-0.05, 0) is 48.8 Å². The molecule has 1 aromatic rings. The van der Waals surface area contributed by atoms with Gasteiger partial charge in [-0.15, -0.1) is 0 Å². The Kier molecular flexibility index (Phi) is 7.15. The van der Waals surface area contributed by atoms with E-state index >= 15 is 0 Å². The predicted molar refractivity (Wildman–Crippen MR) is 85.8 cm³/mol. The zero-order chi connectivity index (χ0) is 14.3. The van der Waals surface area contributed by atoms with Gasteiger partial charge in [-0.2, -0.15) is 0 Å². The molecule has 0 heterocycles. The van der Waals surface area contributed by atoms with Crippen LogP contribution in [0.3, 0.4) is 0 Å². The maximum atomic E-state index is 3.49. The van der Waals surface area contributed by atoms with Gasteiger partial charge in [-0.1, -0.05) is 58.9 Å². The lowest BCUT2D eigenvalue weighted by atomic mass is 9.96. The second-order valence-corrected chi connectivity index (χ2v) is 6.44. The Balaban J connectivity index is 2.27. The molecule has 1 unspecified atom stereocenters. The molecule has 1 rings (SSSR count). The molecule has 0 fully saturated rings. The first-order chi connectivity index (χ1) is 8.99. The highest BCUT2D eigenvalue weighted by molar-refractivity contribution is 5.24. The first kappa shape index (κ1) is 16.2. The third-order valence-electron chi connectivity index (χ3n) is 3.76. The summed E-state index contributed by atoms with van der Waals surface area (Å²) >= 11 is 0. The van der Waals surface area contributed by atoms with E-state index < -0.39 is 0 Å². The van der Waals surface area contributed by atoms with Crippen LogP contribution >= 0.6 is 0 Å². The largest absolute Gasteiger partial charge is 0.315 e. The Morgan fingerprint density at radius 3 is 2.05 bits per heavy atom. The summed E-state index contributed by atoms with van der Waals surface area (Å²) in [7, 11) is 0. The van der Waals surface area contributed by atoms with E-state index in [4.69, 9.17) is 0 Å². The van der Waals surface area contributed by atoms with E-state index in [0.29, 0.717) is 12.0 Å². The predicted octanol–water partition coefficient (Wildman–Crippen LogP) is 4.77. The van der Waals surface area contributed by atoms with Gasteiger partial charge in [0.2, 0.25) is 0 Å². The standard InChI is InChI=1S/C18H31N/c1-14(2)18-10-8-17(9-11-18)7-6-16(5)12-13-19-15(3)4/h8-11,14-16,19H,6-7,12-13H2,1-5H3. The first-order valence-corrected chi connectivity index (χ1v) is 7.81. The van der Waals surface area contributed by atoms with Crippen LogP contribution in [0.2, 0.25) is 0 Å². The van der Waals surface area contributed by atoms with Crippen molar-refractivity contribution in [3.05, 3.63) is 35.4 Å². The molecule has 0 spiro atoms. The second kappa shape index (κ2) is 8.37. The molecule has 0 bridgehead atoms. The zero-order valence-corrected chi connectivity index (χ0v) is 13.4. The van der Waals surface area contributed by atoms with E-state index in [9.17, 15) is 0 Å². The van der Waals surface area contributed by atoms with Gasteiger partial charge in [0.15, 0.2) is 0 Å². The van der Waals surface area contributed by atoms with Gasteiger partial charge in [0.1, 0.15) is 0 Å². The Morgan fingerprint density at radius 1 is 0.895 bits per heavy atom. The van der Waals surface area contributed by atoms with Crippen LogP contribution in [0.25, 0.3) is 0 Å². The highest BCUT2D eigenvalue weighted by Gasteiger charge is 2.04. The molecular weight excluding hydrogens is 230 g/mol. The molecule has 0 aliphatic carbocycles. The van der Waals surface area contributed by atoms with E-state index in [-0.39, 0.29) is 0 Å². The summed E-state index contributed by atoms with van der Waals surface area (Å²) in [5.74, 6) is 1.44. The van der Waals surface area contributed by atoms with Crippen molar-refractivity contribution >= 4 is 0 Å². The quantitative estimate of drug-likeness (QED) is 0.711. The van der Waals surface area contributed by atoms with E-state index in [1.54, 1.807) is 0 Å². The van der Waals surface area contributed by atoms with Crippen molar-refractivity contribution in [2.75, 3.05) is 6.54 Å². The molecule has 0 radical (unpaired) electrons. The van der Waals surface area contributed by atoms with Crippen LogP contribution in [-0.4, -0.2) is 12.6 Å². The summed E-state index contributed by atoms with van der Waals surface area (Å²) in [5.41, 5.74) is 2.92. The number of hydrogen-bond donors (Lipinski definition) is 1. The van der Waals surface area contributed by atoms with E-state index in [1.165, 1.54) is 30.4 Å². The fraction of sp³-hybridized carbons (Fsp3) is 0.667. The minimum Gasteiger partial charge on any atom is -0.315 e. The summed E-state index contributed by atoms with van der Waals surface area (Å²) in [5, 5.41) is 3.49. The molecule has 1 heteroatoms. The second-order valence-electron chi connectivity index (χ2n) is 6.44. The van der Waals surface area contributed by atoms with Gasteiger partial charge >= 0.3 is 0 Å². The average molecular weight is 261 g/mol. The minimum absolute atomic E-state index is 0.607. The van der Waals surface area contributed by atoms with Gasteiger partial charge in [0.25, 0.3) is 0 Å². The van der Waals surface area contributed by atoms with Crippen LogP contribution in [0.1, 0.15) is 64.5 Å². The van der Waals surface area contributed by atoms with Crippen molar-refractivity contribution in [1.29, 1.82) is 0 Å². The fourth-order valence-corrected chi connectivity index (χ4v) is 2.25. The summed E-state index contributed by atoms with van der Waals surface area (Å²) in [6.45, 7) is 12.4. The normalized spacial score (nSPS) is 13.2. The minimum atomic E-state index is 0.607. The summed E-state index contributed by atoms with van der Waals surface area (Å²) < 4.78 is 0. The Bertz CT molecular complexity index is 337. The lowest BCUT2D eigenvalue weighted by Gasteiger charge is -2.14. The third kappa shape index (κ3) is 6.77. The van der Waals surface area contributed by atoms with Crippen LogP contribution in [0, 0.1) is 5.92 Å². The van der Waals surface area contributed by atoms with Gasteiger partial charge < -0.3 is 5.32 Å². The summed E-state index contributed by atoms with van der Waals surface area (Å²) in [6.07, 6.45) is 3.78. The fourth-order valence-electron chi connectivity index (χ4n) is 2.25. The summed E-state index contributed by atoms with van der Waals surface area (Å²) in [6, 6.07) is 9.77. The van der Waals surface area contributed by atoms with Crippen molar-refractivity contribution in [2.24, 2.45) is 5.92 Å². The molecule has 1 atom stereocenters. The molecular formula is C18H31N. The van der Waals surface area contributed by atoms with Crippen LogP contribution < -0.4 is 5.32 Å². The monoisotopic (exact) mass is 261 g/mol. The molecule has 1 N–H and O–H groups in total. The highest BCUT2D eigenvalue weighted by Crippen LogP contribution is 2.17. The molecule has 0 aromatic heterocycles. The van der Waals surface area contributed by atoms with E-state index in [0.717, 1.165) is 12.5 Å². The number of hydrogen-bond acceptors (Lipinski definition) is 1. The smallest absolute Gasteiger partial charge is 0.00103 e. The lowest BCUT2D eigenvalue weighted by Crippen LogP contribution is -2.24. The summed E-state index contributed by atoms with van der Waals surface area (Å²) in [4.78, 5) is 0. The first-order valence-electron chi connectivity index (χ1n) is 7.81. The van der Waals surface area contributed by atoms with Gasteiger partial charge in [-0.3, -0.25) is 0 Å². The van der Waals surface area contributed by atoms with Crippen LogP contribution in [0.5, 0.6) is 0 Å². The molecule has 0 saturated carbocycles. The van der Waals surface area contributed by atoms with Crippen molar-refractivity contribution in [3.63, 3.8) is 0 Å².